The van der Waals surface area contributed by atoms with E-state index >= 15 is 0 Å². The number of benzene rings is 1. The summed E-state index contributed by atoms with van der Waals surface area (Å²) in [7, 11) is 0. The van der Waals surface area contributed by atoms with Crippen LogP contribution in [-0.2, 0) is 11.3 Å². The Labute approximate surface area is 153 Å². The molecule has 0 fully saturated rings. The molecule has 0 bridgehead atoms. The minimum atomic E-state index is -0.578. The first-order valence-corrected chi connectivity index (χ1v) is 8.00. The molecule has 1 aromatic carbocycles. The molecule has 0 saturated heterocycles. The van der Waals surface area contributed by atoms with Crippen LogP contribution in [0.1, 0.15) is 24.2 Å². The molecular formula is C15H16ClN5O5. The molecule has 2 aromatic rings. The Balaban J connectivity index is 1.93. The average molecular weight is 382 g/mol. The first kappa shape index (κ1) is 19.3. The van der Waals surface area contributed by atoms with Crippen LogP contribution in [0.25, 0.3) is 0 Å². The maximum atomic E-state index is 12.0. The molecule has 0 atom stereocenters. The van der Waals surface area contributed by atoms with Gasteiger partial charge in [-0.15, -0.1) is 0 Å². The number of nitrogens with zero attached hydrogens (tertiary/aromatic N) is 4. The Morgan fingerprint density at radius 2 is 1.96 bits per heavy atom. The summed E-state index contributed by atoms with van der Waals surface area (Å²) in [6, 6.07) is 3.77. The van der Waals surface area contributed by atoms with E-state index in [-0.39, 0.29) is 34.4 Å². The summed E-state index contributed by atoms with van der Waals surface area (Å²) in [4.78, 5) is 32.6. The number of carbonyl (C=O) groups is 1. The highest BCUT2D eigenvalue weighted by atomic mass is 35.5. The number of carbonyl (C=O) groups excluding carboxylic acids is 1. The average Bonchev–Trinajstić information content (AvgIpc) is 2.83. The van der Waals surface area contributed by atoms with Crippen molar-refractivity contribution in [3.05, 3.63) is 54.8 Å². The van der Waals surface area contributed by atoms with E-state index in [1.54, 1.807) is 13.8 Å². The number of nitro groups is 2. The molecule has 0 aliphatic heterocycles. The minimum absolute atomic E-state index is 0.0212. The number of non-ortho nitro benzene ring substituents is 1. The molecule has 26 heavy (non-hydrogen) atoms. The summed E-state index contributed by atoms with van der Waals surface area (Å²) in [5.74, 6) is -0.322. The highest BCUT2D eigenvalue weighted by molar-refractivity contribution is 6.33. The van der Waals surface area contributed by atoms with E-state index in [4.69, 9.17) is 11.6 Å². The molecule has 0 aliphatic carbocycles. The quantitative estimate of drug-likeness (QED) is 0.577. The van der Waals surface area contributed by atoms with Gasteiger partial charge in [-0.3, -0.25) is 29.7 Å². The van der Waals surface area contributed by atoms with Crippen LogP contribution >= 0.6 is 11.6 Å². The topological polar surface area (TPSA) is 133 Å². The third-order valence-electron chi connectivity index (χ3n) is 3.74. The first-order valence-electron chi connectivity index (χ1n) is 7.63. The Bertz CT molecular complexity index is 880. The van der Waals surface area contributed by atoms with Crippen molar-refractivity contribution in [1.82, 2.24) is 9.78 Å². The third kappa shape index (κ3) is 4.33. The van der Waals surface area contributed by atoms with Gasteiger partial charge < -0.3 is 5.32 Å². The number of aromatic nitrogens is 2. The maximum absolute atomic E-state index is 12.0. The highest BCUT2D eigenvalue weighted by Crippen LogP contribution is 2.27. The van der Waals surface area contributed by atoms with E-state index in [1.165, 1.54) is 16.8 Å². The molecule has 138 valence electrons. The fraction of sp³-hybridized carbons (Fsp3) is 0.333. The van der Waals surface area contributed by atoms with Crippen LogP contribution in [0.15, 0.2) is 18.2 Å². The second kappa shape index (κ2) is 7.91. The Morgan fingerprint density at radius 3 is 2.50 bits per heavy atom. The van der Waals surface area contributed by atoms with E-state index in [2.05, 4.69) is 10.4 Å². The van der Waals surface area contributed by atoms with Gasteiger partial charge in [-0.05, 0) is 26.3 Å². The number of amides is 1. The van der Waals surface area contributed by atoms with Crippen molar-refractivity contribution in [3.63, 3.8) is 0 Å². The zero-order chi connectivity index (χ0) is 19.4. The zero-order valence-corrected chi connectivity index (χ0v) is 14.8. The standard InChI is InChI=1S/C15H16ClN5O5/c1-9-15(21(25)26)10(2)19(18-9)7-3-4-14(22)17-13-6-5-11(20(23)24)8-12(13)16/h5-6,8H,3-4,7H2,1-2H3,(H,17,22). The predicted molar refractivity (Wildman–Crippen MR) is 94.3 cm³/mol. The van der Waals surface area contributed by atoms with E-state index in [9.17, 15) is 25.0 Å². The predicted octanol–water partition coefficient (Wildman–Crippen LogP) is 3.39. The van der Waals surface area contributed by atoms with Crippen molar-refractivity contribution in [1.29, 1.82) is 0 Å². The fourth-order valence-corrected chi connectivity index (χ4v) is 2.71. The van der Waals surface area contributed by atoms with Crippen LogP contribution in [-0.4, -0.2) is 25.5 Å². The molecule has 2 rings (SSSR count). The fourth-order valence-electron chi connectivity index (χ4n) is 2.49. The van der Waals surface area contributed by atoms with Crippen LogP contribution in [0.2, 0.25) is 5.02 Å². The summed E-state index contributed by atoms with van der Waals surface area (Å²) >= 11 is 5.92. The summed E-state index contributed by atoms with van der Waals surface area (Å²) < 4.78 is 1.50. The van der Waals surface area contributed by atoms with E-state index in [0.29, 0.717) is 24.4 Å². The summed E-state index contributed by atoms with van der Waals surface area (Å²) in [6.45, 7) is 3.52. The molecule has 0 unspecified atom stereocenters. The van der Waals surface area contributed by atoms with Crippen molar-refractivity contribution in [2.24, 2.45) is 0 Å². The Kier molecular flexibility index (Phi) is 5.88. The zero-order valence-electron chi connectivity index (χ0n) is 14.1. The third-order valence-corrected chi connectivity index (χ3v) is 4.05. The molecule has 0 radical (unpaired) electrons. The normalized spacial score (nSPS) is 10.6. The summed E-state index contributed by atoms with van der Waals surface area (Å²) in [5.41, 5.74) is 0.858. The lowest BCUT2D eigenvalue weighted by Crippen LogP contribution is -2.13. The number of hydrogen-bond acceptors (Lipinski definition) is 6. The van der Waals surface area contributed by atoms with Crippen LogP contribution in [0.5, 0.6) is 0 Å². The van der Waals surface area contributed by atoms with Crippen molar-refractivity contribution < 1.29 is 14.6 Å². The number of anilines is 1. The van der Waals surface area contributed by atoms with E-state index in [1.807, 2.05) is 0 Å². The van der Waals surface area contributed by atoms with Gasteiger partial charge in [-0.25, -0.2) is 0 Å². The molecule has 0 spiro atoms. The van der Waals surface area contributed by atoms with Gasteiger partial charge in [-0.2, -0.15) is 5.10 Å². The van der Waals surface area contributed by atoms with E-state index < -0.39 is 9.85 Å². The molecule has 11 heteroatoms. The SMILES string of the molecule is Cc1nn(CCCC(=O)Nc2ccc([N+](=O)[O-])cc2Cl)c(C)c1[N+](=O)[O-]. The number of halogens is 1. The summed E-state index contributed by atoms with van der Waals surface area (Å²) in [6.07, 6.45) is 0.551. The smallest absolute Gasteiger partial charge is 0.312 e. The second-order valence-electron chi connectivity index (χ2n) is 5.57. The lowest BCUT2D eigenvalue weighted by Gasteiger charge is -2.07. The van der Waals surface area contributed by atoms with Gasteiger partial charge in [0.1, 0.15) is 11.4 Å². The second-order valence-corrected chi connectivity index (χ2v) is 5.98. The van der Waals surface area contributed by atoms with Crippen LogP contribution in [0, 0.1) is 34.1 Å². The largest absolute Gasteiger partial charge is 0.325 e. The Hall–Kier alpha value is -3.01. The minimum Gasteiger partial charge on any atom is -0.325 e. The molecular weight excluding hydrogens is 366 g/mol. The lowest BCUT2D eigenvalue weighted by atomic mass is 10.2. The molecule has 0 aliphatic rings. The van der Waals surface area contributed by atoms with Crippen LogP contribution in [0.3, 0.4) is 0 Å². The van der Waals surface area contributed by atoms with Crippen molar-refractivity contribution in [3.8, 4) is 0 Å². The molecule has 10 nitrogen and oxygen atoms in total. The number of aryl methyl sites for hydroxylation is 2. The number of nitrogens with one attached hydrogen (secondary N) is 1. The number of nitro benzene ring substituents is 1. The lowest BCUT2D eigenvalue weighted by molar-refractivity contribution is -0.386. The van der Waals surface area contributed by atoms with Gasteiger partial charge in [-0.1, -0.05) is 11.6 Å². The maximum Gasteiger partial charge on any atom is 0.312 e. The van der Waals surface area contributed by atoms with Crippen molar-refractivity contribution in [2.75, 3.05) is 5.32 Å². The summed E-state index contributed by atoms with van der Waals surface area (Å²) in [5, 5.41) is 28.4. The van der Waals surface area contributed by atoms with Crippen molar-refractivity contribution in [2.45, 2.75) is 33.2 Å². The number of rotatable bonds is 7. The van der Waals surface area contributed by atoms with Gasteiger partial charge in [0, 0.05) is 25.1 Å². The molecule has 1 N–H and O–H groups in total. The molecule has 1 aromatic heterocycles. The molecule has 1 amide bonds. The van der Waals surface area contributed by atoms with Gasteiger partial charge in [0.15, 0.2) is 0 Å². The molecule has 0 saturated carbocycles. The van der Waals surface area contributed by atoms with Crippen LogP contribution < -0.4 is 5.32 Å². The van der Waals surface area contributed by atoms with Crippen LogP contribution in [0.4, 0.5) is 17.1 Å². The van der Waals surface area contributed by atoms with E-state index in [0.717, 1.165) is 6.07 Å². The van der Waals surface area contributed by atoms with Gasteiger partial charge in [0.05, 0.1) is 20.6 Å². The monoisotopic (exact) mass is 381 g/mol. The molecule has 1 heterocycles. The first-order chi connectivity index (χ1) is 12.2. The van der Waals surface area contributed by atoms with Gasteiger partial charge >= 0.3 is 5.69 Å². The van der Waals surface area contributed by atoms with Crippen molar-refractivity contribution >= 4 is 34.6 Å². The number of hydrogen-bond donors (Lipinski definition) is 1. The van der Waals surface area contributed by atoms with Gasteiger partial charge in [0.2, 0.25) is 5.91 Å². The Morgan fingerprint density at radius 1 is 1.27 bits per heavy atom. The van der Waals surface area contributed by atoms with Gasteiger partial charge in [0.25, 0.3) is 5.69 Å². The highest BCUT2D eigenvalue weighted by Gasteiger charge is 2.21.